The second-order valence-electron chi connectivity index (χ2n) is 2.53. The van der Waals surface area contributed by atoms with Crippen LogP contribution in [0.4, 0.5) is 0 Å². The van der Waals surface area contributed by atoms with E-state index in [1.807, 2.05) is 51.2 Å². The van der Waals surface area contributed by atoms with Gasteiger partial charge in [0.15, 0.2) is 0 Å². The molecule has 62 valence electrons. The molecular weight excluding hydrogens is 136 g/mol. The quantitative estimate of drug-likeness (QED) is 0.565. The maximum atomic E-state index is 4.16. The molecule has 0 bridgehead atoms. The molecule has 0 aliphatic heterocycles. The van der Waals surface area contributed by atoms with Crippen LogP contribution >= 0.6 is 0 Å². The summed E-state index contributed by atoms with van der Waals surface area (Å²) in [6.45, 7) is 3.95. The van der Waals surface area contributed by atoms with Crippen molar-refractivity contribution in [3.63, 3.8) is 0 Å². The van der Waals surface area contributed by atoms with Gasteiger partial charge in [0.2, 0.25) is 0 Å². The van der Waals surface area contributed by atoms with Crippen LogP contribution in [0.5, 0.6) is 0 Å². The maximum Gasteiger partial charge on any atom is 0.0429 e. The summed E-state index contributed by atoms with van der Waals surface area (Å²) in [4.78, 5) is 6.11. The third-order valence-corrected chi connectivity index (χ3v) is 1.05. The highest BCUT2D eigenvalue weighted by Crippen LogP contribution is 1.84. The summed E-state index contributed by atoms with van der Waals surface area (Å²) in [5.41, 5.74) is 1.02. The average molecular weight is 152 g/mol. The second kappa shape index (κ2) is 5.71. The van der Waals surface area contributed by atoms with E-state index in [0.717, 1.165) is 5.71 Å². The Bertz CT molecular complexity index is 176. The number of hydrogen-bond donors (Lipinski definition) is 0. The van der Waals surface area contributed by atoms with E-state index in [4.69, 9.17) is 0 Å². The van der Waals surface area contributed by atoms with Crippen molar-refractivity contribution in [1.29, 1.82) is 0 Å². The molecule has 0 aliphatic carbocycles. The Morgan fingerprint density at radius 2 is 2.00 bits per heavy atom. The zero-order chi connectivity index (χ0) is 8.69. The molecule has 0 saturated carbocycles. The van der Waals surface area contributed by atoms with Gasteiger partial charge < -0.3 is 4.90 Å². The Morgan fingerprint density at radius 3 is 2.45 bits per heavy atom. The number of rotatable bonds is 3. The van der Waals surface area contributed by atoms with Crippen molar-refractivity contribution >= 4 is 5.71 Å². The summed E-state index contributed by atoms with van der Waals surface area (Å²) in [5, 5.41) is 0. The molecule has 0 aliphatic rings. The van der Waals surface area contributed by atoms with Crippen LogP contribution in [0.3, 0.4) is 0 Å². The molecule has 0 unspecified atom stereocenters. The molecule has 0 N–H and O–H groups in total. The van der Waals surface area contributed by atoms with E-state index in [1.54, 1.807) is 6.20 Å². The summed E-state index contributed by atoms with van der Waals surface area (Å²) in [7, 11) is 3.94. The molecule has 2 heteroatoms. The Morgan fingerprint density at radius 1 is 1.36 bits per heavy atom. The van der Waals surface area contributed by atoms with Gasteiger partial charge in [-0.1, -0.05) is 6.08 Å². The molecule has 0 amide bonds. The highest BCUT2D eigenvalue weighted by atomic mass is 15.0. The standard InChI is InChI=1S/C9H16N2/c1-5-6-9(2)10-7-8-11(3)4/h5-8H,1-4H3/b6-5-,8-7-,10-9-. The fraction of sp³-hybridized carbons (Fsp3) is 0.444. The van der Waals surface area contributed by atoms with Gasteiger partial charge in [0.05, 0.1) is 0 Å². The van der Waals surface area contributed by atoms with Gasteiger partial charge >= 0.3 is 0 Å². The predicted molar refractivity (Wildman–Crippen MR) is 50.8 cm³/mol. The van der Waals surface area contributed by atoms with Gasteiger partial charge in [0, 0.05) is 32.2 Å². The van der Waals surface area contributed by atoms with Gasteiger partial charge in [0.25, 0.3) is 0 Å². The molecule has 0 radical (unpaired) electrons. The molecule has 0 rings (SSSR count). The minimum absolute atomic E-state index is 1.02. The van der Waals surface area contributed by atoms with E-state index < -0.39 is 0 Å². The van der Waals surface area contributed by atoms with Crippen LogP contribution in [0.1, 0.15) is 13.8 Å². The third-order valence-electron chi connectivity index (χ3n) is 1.05. The van der Waals surface area contributed by atoms with Gasteiger partial charge in [0.1, 0.15) is 0 Å². The summed E-state index contributed by atoms with van der Waals surface area (Å²) in [6, 6.07) is 0. The SMILES string of the molecule is C\C=C/C(C)=N\C=C/N(C)C. The van der Waals surface area contributed by atoms with Crippen molar-refractivity contribution in [2.75, 3.05) is 14.1 Å². The van der Waals surface area contributed by atoms with Crippen LogP contribution in [-0.4, -0.2) is 24.7 Å². The lowest BCUT2D eigenvalue weighted by molar-refractivity contribution is 0.562. The lowest BCUT2D eigenvalue weighted by Gasteiger charge is -2.00. The lowest BCUT2D eigenvalue weighted by Crippen LogP contribution is -1.99. The lowest BCUT2D eigenvalue weighted by atomic mass is 10.4. The average Bonchev–Trinajstić information content (AvgIpc) is 1.87. The first-order valence-corrected chi connectivity index (χ1v) is 3.67. The molecule has 0 atom stereocenters. The third kappa shape index (κ3) is 6.84. The van der Waals surface area contributed by atoms with E-state index >= 15 is 0 Å². The molecule has 0 aromatic carbocycles. The zero-order valence-corrected chi connectivity index (χ0v) is 7.70. The van der Waals surface area contributed by atoms with Crippen LogP contribution in [0.25, 0.3) is 0 Å². The second-order valence-corrected chi connectivity index (χ2v) is 2.53. The number of hydrogen-bond acceptors (Lipinski definition) is 2. The Kier molecular flexibility index (Phi) is 5.17. The summed E-state index contributed by atoms with van der Waals surface area (Å²) in [5.74, 6) is 0. The molecule has 0 aromatic heterocycles. The van der Waals surface area contributed by atoms with Crippen LogP contribution in [-0.2, 0) is 0 Å². The summed E-state index contributed by atoms with van der Waals surface area (Å²) in [6.07, 6.45) is 7.64. The van der Waals surface area contributed by atoms with Crippen LogP contribution in [0.2, 0.25) is 0 Å². The van der Waals surface area contributed by atoms with Crippen molar-refractivity contribution in [3.05, 3.63) is 24.6 Å². The van der Waals surface area contributed by atoms with E-state index in [9.17, 15) is 0 Å². The van der Waals surface area contributed by atoms with Crippen molar-refractivity contribution < 1.29 is 0 Å². The molecule has 0 spiro atoms. The van der Waals surface area contributed by atoms with Crippen molar-refractivity contribution in [1.82, 2.24) is 4.90 Å². The minimum Gasteiger partial charge on any atom is -0.382 e. The van der Waals surface area contributed by atoms with Gasteiger partial charge in [-0.2, -0.15) is 0 Å². The first-order chi connectivity index (χ1) is 5.16. The van der Waals surface area contributed by atoms with E-state index in [-0.39, 0.29) is 0 Å². The van der Waals surface area contributed by atoms with Crippen LogP contribution in [0, 0.1) is 0 Å². The number of nitrogens with zero attached hydrogens (tertiary/aromatic N) is 2. The molecule has 0 aromatic rings. The molecule has 0 saturated heterocycles. The number of allylic oxidation sites excluding steroid dienone is 2. The van der Waals surface area contributed by atoms with Gasteiger partial charge in [-0.25, -0.2) is 0 Å². The Balaban J connectivity index is 3.91. The van der Waals surface area contributed by atoms with Crippen molar-refractivity contribution in [2.45, 2.75) is 13.8 Å². The highest BCUT2D eigenvalue weighted by Gasteiger charge is 1.77. The summed E-state index contributed by atoms with van der Waals surface area (Å²) < 4.78 is 0. The molecular formula is C9H16N2. The topological polar surface area (TPSA) is 15.6 Å². The fourth-order valence-corrected chi connectivity index (χ4v) is 0.568. The zero-order valence-electron chi connectivity index (χ0n) is 7.70. The number of aliphatic imine (C=N–C) groups is 1. The van der Waals surface area contributed by atoms with E-state index in [1.165, 1.54) is 0 Å². The van der Waals surface area contributed by atoms with Crippen LogP contribution < -0.4 is 0 Å². The van der Waals surface area contributed by atoms with E-state index in [2.05, 4.69) is 4.99 Å². The first-order valence-electron chi connectivity index (χ1n) is 3.67. The van der Waals surface area contributed by atoms with Crippen molar-refractivity contribution in [3.8, 4) is 0 Å². The summed E-state index contributed by atoms with van der Waals surface area (Å²) >= 11 is 0. The van der Waals surface area contributed by atoms with Crippen molar-refractivity contribution in [2.24, 2.45) is 4.99 Å². The fourth-order valence-electron chi connectivity index (χ4n) is 0.568. The van der Waals surface area contributed by atoms with Crippen LogP contribution in [0.15, 0.2) is 29.5 Å². The Labute approximate surface area is 68.9 Å². The van der Waals surface area contributed by atoms with Gasteiger partial charge in [-0.15, -0.1) is 0 Å². The molecule has 2 nitrogen and oxygen atoms in total. The monoisotopic (exact) mass is 152 g/mol. The molecule has 11 heavy (non-hydrogen) atoms. The van der Waals surface area contributed by atoms with E-state index in [0.29, 0.717) is 0 Å². The molecule has 0 heterocycles. The minimum atomic E-state index is 1.02. The molecule has 0 fully saturated rings. The highest BCUT2D eigenvalue weighted by molar-refractivity contribution is 5.93. The first kappa shape index (κ1) is 9.95. The smallest absolute Gasteiger partial charge is 0.0429 e. The maximum absolute atomic E-state index is 4.16. The van der Waals surface area contributed by atoms with Gasteiger partial charge in [-0.3, -0.25) is 4.99 Å². The predicted octanol–water partition coefficient (Wildman–Crippen LogP) is 2.06. The van der Waals surface area contributed by atoms with Gasteiger partial charge in [-0.05, 0) is 19.9 Å². The normalized spacial score (nSPS) is 13.3. The Hall–Kier alpha value is -1.05. The largest absolute Gasteiger partial charge is 0.382 e.